The molecule has 0 unspecified atom stereocenters. The first-order valence-electron chi connectivity index (χ1n) is 10.1. The van der Waals surface area contributed by atoms with E-state index in [4.69, 9.17) is 0 Å². The molecule has 0 spiro atoms. The summed E-state index contributed by atoms with van der Waals surface area (Å²) in [7, 11) is 3.91. The standard InChI is InChI=1S/C23H26FN3O2/c1-26(2)21-11-8-19(25-22(28)15-6-7-15)13-17(21)14-27(20-9-10-20)23(29)16-4-3-5-18(24)12-16/h3-5,8,11-13,15,20H,6-7,9-10,14H2,1-2H3,(H,25,28). The SMILES string of the molecule is CN(C)c1ccc(NC(=O)C2CC2)cc1CN(C(=O)c1cccc(F)c1)C1CC1. The number of carbonyl (C=O) groups is 2. The first kappa shape index (κ1) is 19.4. The van der Waals surface area contributed by atoms with E-state index in [0.29, 0.717) is 12.1 Å². The summed E-state index contributed by atoms with van der Waals surface area (Å²) in [5.74, 6) is -0.387. The van der Waals surface area contributed by atoms with Crippen LogP contribution in [0, 0.1) is 11.7 Å². The molecule has 1 N–H and O–H groups in total. The van der Waals surface area contributed by atoms with Crippen molar-refractivity contribution in [2.75, 3.05) is 24.3 Å². The largest absolute Gasteiger partial charge is 0.377 e. The molecule has 2 aromatic carbocycles. The first-order chi connectivity index (χ1) is 13.9. The number of nitrogens with zero attached hydrogens (tertiary/aromatic N) is 2. The maximum absolute atomic E-state index is 13.6. The van der Waals surface area contributed by atoms with Crippen molar-refractivity contribution >= 4 is 23.2 Å². The molecule has 152 valence electrons. The van der Waals surface area contributed by atoms with Gasteiger partial charge in [0.05, 0.1) is 0 Å². The lowest BCUT2D eigenvalue weighted by atomic mass is 10.1. The second-order valence-electron chi connectivity index (χ2n) is 8.18. The van der Waals surface area contributed by atoms with E-state index in [9.17, 15) is 14.0 Å². The number of hydrogen-bond donors (Lipinski definition) is 1. The number of benzene rings is 2. The van der Waals surface area contributed by atoms with Gasteiger partial charge in [-0.3, -0.25) is 9.59 Å². The minimum atomic E-state index is -0.412. The van der Waals surface area contributed by atoms with Gasteiger partial charge in [0.1, 0.15) is 5.82 Å². The van der Waals surface area contributed by atoms with Crippen LogP contribution in [0.15, 0.2) is 42.5 Å². The van der Waals surface area contributed by atoms with Gasteiger partial charge >= 0.3 is 0 Å². The highest BCUT2D eigenvalue weighted by atomic mass is 19.1. The van der Waals surface area contributed by atoms with Crippen molar-refractivity contribution in [2.45, 2.75) is 38.3 Å². The van der Waals surface area contributed by atoms with Gasteiger partial charge in [0.2, 0.25) is 5.91 Å². The van der Waals surface area contributed by atoms with Gasteiger partial charge in [-0.15, -0.1) is 0 Å². The van der Waals surface area contributed by atoms with Gasteiger partial charge < -0.3 is 15.1 Å². The second kappa shape index (κ2) is 7.85. The van der Waals surface area contributed by atoms with Crippen molar-refractivity contribution in [3.05, 3.63) is 59.4 Å². The van der Waals surface area contributed by atoms with Gasteiger partial charge in [-0.1, -0.05) is 6.07 Å². The average molecular weight is 395 g/mol. The Bertz CT molecular complexity index is 935. The summed E-state index contributed by atoms with van der Waals surface area (Å²) in [5, 5.41) is 2.99. The van der Waals surface area contributed by atoms with E-state index in [-0.39, 0.29) is 23.8 Å². The number of hydrogen-bond acceptors (Lipinski definition) is 3. The molecule has 2 aliphatic rings. The topological polar surface area (TPSA) is 52.7 Å². The van der Waals surface area contributed by atoms with Crippen LogP contribution in [0.2, 0.25) is 0 Å². The molecule has 2 amide bonds. The lowest BCUT2D eigenvalue weighted by Gasteiger charge is -2.26. The fraction of sp³-hybridized carbons (Fsp3) is 0.391. The highest BCUT2D eigenvalue weighted by molar-refractivity contribution is 5.95. The Morgan fingerprint density at radius 3 is 2.45 bits per heavy atom. The van der Waals surface area contributed by atoms with E-state index in [1.54, 1.807) is 12.1 Å². The number of rotatable bonds is 7. The zero-order valence-electron chi connectivity index (χ0n) is 16.8. The number of halogens is 1. The molecular formula is C23H26FN3O2. The summed E-state index contributed by atoms with van der Waals surface area (Å²) in [4.78, 5) is 29.1. The number of carbonyl (C=O) groups excluding carboxylic acids is 2. The molecule has 0 aromatic heterocycles. The van der Waals surface area contributed by atoms with E-state index in [2.05, 4.69) is 5.32 Å². The molecule has 6 heteroatoms. The molecular weight excluding hydrogens is 369 g/mol. The quantitative estimate of drug-likeness (QED) is 0.770. The van der Waals surface area contributed by atoms with E-state index in [0.717, 1.165) is 42.6 Å². The summed E-state index contributed by atoms with van der Waals surface area (Å²) in [6.07, 6.45) is 3.81. The van der Waals surface area contributed by atoms with Crippen LogP contribution in [0.4, 0.5) is 15.8 Å². The minimum Gasteiger partial charge on any atom is -0.377 e. The molecule has 5 nitrogen and oxygen atoms in total. The van der Waals surface area contributed by atoms with E-state index in [1.807, 2.05) is 42.1 Å². The van der Waals surface area contributed by atoms with Crippen molar-refractivity contribution in [1.82, 2.24) is 4.90 Å². The van der Waals surface area contributed by atoms with Gasteiger partial charge in [0, 0.05) is 49.5 Å². The third-order valence-corrected chi connectivity index (χ3v) is 5.44. The van der Waals surface area contributed by atoms with Crippen molar-refractivity contribution < 1.29 is 14.0 Å². The zero-order chi connectivity index (χ0) is 20.5. The van der Waals surface area contributed by atoms with Gasteiger partial charge in [-0.2, -0.15) is 0 Å². The van der Waals surface area contributed by atoms with Crippen LogP contribution in [0.1, 0.15) is 41.6 Å². The summed E-state index contributed by atoms with van der Waals surface area (Å²) in [6.45, 7) is 0.417. The van der Waals surface area contributed by atoms with Gasteiger partial charge in [0.25, 0.3) is 5.91 Å². The number of anilines is 2. The molecule has 29 heavy (non-hydrogen) atoms. The first-order valence-corrected chi connectivity index (χ1v) is 10.1. The highest BCUT2D eigenvalue weighted by Gasteiger charge is 2.34. The fourth-order valence-electron chi connectivity index (χ4n) is 3.54. The Balaban J connectivity index is 1.60. The Kier molecular flexibility index (Phi) is 5.26. The van der Waals surface area contributed by atoms with Crippen LogP contribution >= 0.6 is 0 Å². The van der Waals surface area contributed by atoms with Gasteiger partial charge in [0.15, 0.2) is 0 Å². The predicted octanol–water partition coefficient (Wildman–Crippen LogP) is 4.05. The van der Waals surface area contributed by atoms with Crippen LogP contribution in [0.25, 0.3) is 0 Å². The molecule has 2 aliphatic carbocycles. The van der Waals surface area contributed by atoms with Crippen LogP contribution in [0.5, 0.6) is 0 Å². The van der Waals surface area contributed by atoms with Crippen molar-refractivity contribution in [2.24, 2.45) is 5.92 Å². The molecule has 0 radical (unpaired) electrons. The minimum absolute atomic E-state index is 0.0587. The Morgan fingerprint density at radius 2 is 1.83 bits per heavy atom. The molecule has 0 aliphatic heterocycles. The summed E-state index contributed by atoms with van der Waals surface area (Å²) < 4.78 is 13.6. The molecule has 2 fully saturated rings. The van der Waals surface area contributed by atoms with Crippen LogP contribution in [0.3, 0.4) is 0 Å². The zero-order valence-corrected chi connectivity index (χ0v) is 16.8. The monoisotopic (exact) mass is 395 g/mol. The average Bonchev–Trinajstić information content (AvgIpc) is 3.57. The van der Waals surface area contributed by atoms with E-state index >= 15 is 0 Å². The Hall–Kier alpha value is -2.89. The van der Waals surface area contributed by atoms with E-state index < -0.39 is 5.82 Å². The molecule has 2 saturated carbocycles. The molecule has 0 bridgehead atoms. The third kappa shape index (κ3) is 4.58. The Labute approximate surface area is 170 Å². The normalized spacial score (nSPS) is 15.7. The second-order valence-corrected chi connectivity index (χ2v) is 8.18. The molecule has 2 aromatic rings. The smallest absolute Gasteiger partial charge is 0.254 e. The number of amides is 2. The summed E-state index contributed by atoms with van der Waals surface area (Å²) in [5.41, 5.74) is 3.06. The lowest BCUT2D eigenvalue weighted by Crippen LogP contribution is -2.33. The predicted molar refractivity (Wildman–Crippen MR) is 111 cm³/mol. The van der Waals surface area contributed by atoms with Crippen molar-refractivity contribution in [3.8, 4) is 0 Å². The lowest BCUT2D eigenvalue weighted by molar-refractivity contribution is -0.117. The highest BCUT2D eigenvalue weighted by Crippen LogP contribution is 2.34. The van der Waals surface area contributed by atoms with Crippen molar-refractivity contribution in [1.29, 1.82) is 0 Å². The maximum Gasteiger partial charge on any atom is 0.254 e. The van der Waals surface area contributed by atoms with Crippen LogP contribution in [-0.4, -0.2) is 36.9 Å². The van der Waals surface area contributed by atoms with Crippen molar-refractivity contribution in [3.63, 3.8) is 0 Å². The van der Waals surface area contributed by atoms with Crippen LogP contribution in [-0.2, 0) is 11.3 Å². The third-order valence-electron chi connectivity index (χ3n) is 5.44. The Morgan fingerprint density at radius 1 is 1.07 bits per heavy atom. The molecule has 0 heterocycles. The summed E-state index contributed by atoms with van der Waals surface area (Å²) >= 11 is 0. The summed E-state index contributed by atoms with van der Waals surface area (Å²) in [6, 6.07) is 11.8. The van der Waals surface area contributed by atoms with Gasteiger partial charge in [-0.25, -0.2) is 4.39 Å². The fourth-order valence-corrected chi connectivity index (χ4v) is 3.54. The van der Waals surface area contributed by atoms with Crippen LogP contribution < -0.4 is 10.2 Å². The maximum atomic E-state index is 13.6. The molecule has 0 saturated heterocycles. The molecule has 0 atom stereocenters. The molecule has 4 rings (SSSR count). The van der Waals surface area contributed by atoms with E-state index in [1.165, 1.54) is 12.1 Å². The van der Waals surface area contributed by atoms with Gasteiger partial charge in [-0.05, 0) is 67.6 Å². The number of nitrogens with one attached hydrogen (secondary N) is 1.